The van der Waals surface area contributed by atoms with Gasteiger partial charge in [-0.05, 0) is 23.8 Å². The van der Waals surface area contributed by atoms with Crippen molar-refractivity contribution in [2.45, 2.75) is 6.54 Å². The molecule has 2 rings (SSSR count). The van der Waals surface area contributed by atoms with Crippen LogP contribution >= 0.6 is 11.6 Å². The minimum atomic E-state index is 0.505. The molecule has 66 valence electrons. The van der Waals surface area contributed by atoms with E-state index < -0.39 is 0 Å². The van der Waals surface area contributed by atoms with E-state index in [1.165, 1.54) is 0 Å². The number of aromatic nitrogens is 1. The summed E-state index contributed by atoms with van der Waals surface area (Å²) in [5.74, 6) is 0. The van der Waals surface area contributed by atoms with E-state index in [0.717, 1.165) is 16.5 Å². The first-order chi connectivity index (χ1) is 6.31. The van der Waals surface area contributed by atoms with Crippen LogP contribution in [0.25, 0.3) is 10.9 Å². The molecule has 0 radical (unpaired) electrons. The molecule has 0 spiro atoms. The molecule has 1 aromatic carbocycles. The van der Waals surface area contributed by atoms with Crippen molar-refractivity contribution in [2.24, 2.45) is 5.73 Å². The van der Waals surface area contributed by atoms with Gasteiger partial charge in [-0.25, -0.2) is 0 Å². The third-order valence-electron chi connectivity index (χ3n) is 1.95. The van der Waals surface area contributed by atoms with Gasteiger partial charge in [0.1, 0.15) is 0 Å². The van der Waals surface area contributed by atoms with Crippen LogP contribution in [0.15, 0.2) is 30.5 Å². The van der Waals surface area contributed by atoms with Gasteiger partial charge in [0.2, 0.25) is 0 Å². The van der Waals surface area contributed by atoms with Gasteiger partial charge in [0.25, 0.3) is 0 Å². The summed E-state index contributed by atoms with van der Waals surface area (Å²) in [7, 11) is 0. The summed E-state index contributed by atoms with van der Waals surface area (Å²) >= 11 is 6.02. The van der Waals surface area contributed by atoms with Crippen molar-refractivity contribution in [1.82, 2.24) is 4.98 Å². The maximum absolute atomic E-state index is 6.02. The number of rotatable bonds is 1. The third kappa shape index (κ3) is 1.50. The first-order valence-electron chi connectivity index (χ1n) is 4.04. The summed E-state index contributed by atoms with van der Waals surface area (Å²) in [6, 6.07) is 7.73. The van der Waals surface area contributed by atoms with Crippen LogP contribution in [0.1, 0.15) is 5.56 Å². The Balaban J connectivity index is 2.77. The number of nitrogens with zero attached hydrogens (tertiary/aromatic N) is 1. The van der Waals surface area contributed by atoms with Gasteiger partial charge < -0.3 is 5.73 Å². The Morgan fingerprint density at radius 2 is 2.23 bits per heavy atom. The number of benzene rings is 1. The lowest BCUT2D eigenvalue weighted by Gasteiger charge is -2.02. The molecular formula is C10H9ClN2. The van der Waals surface area contributed by atoms with Gasteiger partial charge in [0.05, 0.1) is 10.5 Å². The highest BCUT2D eigenvalue weighted by atomic mass is 35.5. The van der Waals surface area contributed by atoms with E-state index in [1.807, 2.05) is 24.3 Å². The van der Waals surface area contributed by atoms with Gasteiger partial charge in [0.15, 0.2) is 0 Å². The Morgan fingerprint density at radius 3 is 3.00 bits per heavy atom. The maximum atomic E-state index is 6.02. The predicted octanol–water partition coefficient (Wildman–Crippen LogP) is 2.35. The molecule has 2 aromatic rings. The van der Waals surface area contributed by atoms with Gasteiger partial charge in [-0.15, -0.1) is 0 Å². The fourth-order valence-corrected chi connectivity index (χ4v) is 1.62. The number of nitrogens with two attached hydrogens (primary N) is 1. The van der Waals surface area contributed by atoms with Crippen molar-refractivity contribution >= 4 is 22.5 Å². The van der Waals surface area contributed by atoms with Crippen LogP contribution in [0.3, 0.4) is 0 Å². The maximum Gasteiger partial charge on any atom is 0.0888 e. The molecule has 0 aliphatic rings. The Morgan fingerprint density at radius 1 is 1.38 bits per heavy atom. The van der Waals surface area contributed by atoms with Crippen molar-refractivity contribution in [2.75, 3.05) is 0 Å². The van der Waals surface area contributed by atoms with E-state index in [2.05, 4.69) is 4.98 Å². The largest absolute Gasteiger partial charge is 0.326 e. The van der Waals surface area contributed by atoms with E-state index in [1.54, 1.807) is 6.20 Å². The molecule has 0 saturated carbocycles. The smallest absolute Gasteiger partial charge is 0.0888 e. The second kappa shape index (κ2) is 3.32. The quantitative estimate of drug-likeness (QED) is 0.754. The molecule has 2 nitrogen and oxygen atoms in total. The summed E-state index contributed by atoms with van der Waals surface area (Å²) in [4.78, 5) is 4.18. The molecule has 13 heavy (non-hydrogen) atoms. The second-order valence-corrected chi connectivity index (χ2v) is 3.26. The van der Waals surface area contributed by atoms with E-state index in [0.29, 0.717) is 11.6 Å². The Bertz CT molecular complexity index is 440. The molecule has 0 bridgehead atoms. The minimum absolute atomic E-state index is 0.505. The molecule has 0 fully saturated rings. The highest BCUT2D eigenvalue weighted by Gasteiger charge is 2.01. The number of fused-ring (bicyclic) bond motifs is 1. The highest BCUT2D eigenvalue weighted by Crippen LogP contribution is 2.22. The summed E-state index contributed by atoms with van der Waals surface area (Å²) in [6.45, 7) is 0.505. The van der Waals surface area contributed by atoms with Crippen LogP contribution in [0.4, 0.5) is 0 Å². The SMILES string of the molecule is NCc1cc(Cl)c2ncccc2c1. The van der Waals surface area contributed by atoms with E-state index in [4.69, 9.17) is 17.3 Å². The van der Waals surface area contributed by atoms with Crippen LogP contribution < -0.4 is 5.73 Å². The lowest BCUT2D eigenvalue weighted by Crippen LogP contribution is -1.96. The van der Waals surface area contributed by atoms with Crippen LogP contribution in [0.2, 0.25) is 5.02 Å². The molecule has 2 N–H and O–H groups in total. The van der Waals surface area contributed by atoms with E-state index in [-0.39, 0.29) is 0 Å². The molecule has 3 heteroatoms. The number of hydrogen-bond acceptors (Lipinski definition) is 2. The van der Waals surface area contributed by atoms with Gasteiger partial charge >= 0.3 is 0 Å². The van der Waals surface area contributed by atoms with E-state index in [9.17, 15) is 0 Å². The van der Waals surface area contributed by atoms with Crippen LogP contribution in [0, 0.1) is 0 Å². The lowest BCUT2D eigenvalue weighted by atomic mass is 10.1. The summed E-state index contributed by atoms with van der Waals surface area (Å²) in [5, 5.41) is 1.70. The minimum Gasteiger partial charge on any atom is -0.326 e. The summed E-state index contributed by atoms with van der Waals surface area (Å²) in [6.07, 6.45) is 1.73. The van der Waals surface area contributed by atoms with Crippen molar-refractivity contribution < 1.29 is 0 Å². The second-order valence-electron chi connectivity index (χ2n) is 2.86. The Kier molecular flexibility index (Phi) is 2.17. The molecule has 0 amide bonds. The number of hydrogen-bond donors (Lipinski definition) is 1. The van der Waals surface area contributed by atoms with Crippen molar-refractivity contribution in [3.05, 3.63) is 41.0 Å². The van der Waals surface area contributed by atoms with Crippen molar-refractivity contribution in [3.8, 4) is 0 Å². The first-order valence-corrected chi connectivity index (χ1v) is 4.42. The molecule has 0 aliphatic carbocycles. The fraction of sp³-hybridized carbons (Fsp3) is 0.100. The highest BCUT2D eigenvalue weighted by molar-refractivity contribution is 6.35. The topological polar surface area (TPSA) is 38.9 Å². The average molecular weight is 193 g/mol. The van der Waals surface area contributed by atoms with Gasteiger partial charge in [0, 0.05) is 18.1 Å². The molecule has 0 unspecified atom stereocenters. The fourth-order valence-electron chi connectivity index (χ4n) is 1.32. The molecule has 1 heterocycles. The zero-order valence-electron chi connectivity index (χ0n) is 7.00. The average Bonchev–Trinajstić information content (AvgIpc) is 2.18. The summed E-state index contributed by atoms with van der Waals surface area (Å²) < 4.78 is 0. The first kappa shape index (κ1) is 8.48. The van der Waals surface area contributed by atoms with Gasteiger partial charge in [-0.2, -0.15) is 0 Å². The van der Waals surface area contributed by atoms with Crippen molar-refractivity contribution in [3.63, 3.8) is 0 Å². The van der Waals surface area contributed by atoms with Gasteiger partial charge in [-0.1, -0.05) is 17.7 Å². The standard InChI is InChI=1S/C10H9ClN2/c11-9-5-7(6-12)4-8-2-1-3-13-10(8)9/h1-5H,6,12H2. The van der Waals surface area contributed by atoms with Crippen LogP contribution in [-0.2, 0) is 6.54 Å². The molecule has 1 aromatic heterocycles. The number of pyridine rings is 1. The van der Waals surface area contributed by atoms with Gasteiger partial charge in [-0.3, -0.25) is 4.98 Å². The predicted molar refractivity (Wildman–Crippen MR) is 54.6 cm³/mol. The molecule has 0 aliphatic heterocycles. The zero-order valence-corrected chi connectivity index (χ0v) is 7.75. The Labute approximate surface area is 81.3 Å². The molecule has 0 saturated heterocycles. The van der Waals surface area contributed by atoms with Crippen LogP contribution in [0.5, 0.6) is 0 Å². The molecule has 0 atom stereocenters. The monoisotopic (exact) mass is 192 g/mol. The Hall–Kier alpha value is -1.12. The third-order valence-corrected chi connectivity index (χ3v) is 2.24. The van der Waals surface area contributed by atoms with Crippen LogP contribution in [-0.4, -0.2) is 4.98 Å². The van der Waals surface area contributed by atoms with Crippen molar-refractivity contribution in [1.29, 1.82) is 0 Å². The summed E-state index contributed by atoms with van der Waals surface area (Å²) in [5.41, 5.74) is 7.40. The zero-order chi connectivity index (χ0) is 9.26. The van der Waals surface area contributed by atoms with E-state index >= 15 is 0 Å². The molecular weight excluding hydrogens is 184 g/mol. The number of halogens is 1. The lowest BCUT2D eigenvalue weighted by molar-refractivity contribution is 1.07. The normalized spacial score (nSPS) is 10.6.